The Morgan fingerprint density at radius 2 is 1.76 bits per heavy atom. The fourth-order valence-electron chi connectivity index (χ4n) is 4.05. The molecule has 0 aliphatic heterocycles. The molecule has 2 aromatic rings. The summed E-state index contributed by atoms with van der Waals surface area (Å²) in [6, 6.07) is 10.9. The predicted octanol–water partition coefficient (Wildman–Crippen LogP) is 3.46. The van der Waals surface area contributed by atoms with Crippen molar-refractivity contribution >= 4 is 21.7 Å². The summed E-state index contributed by atoms with van der Waals surface area (Å²) in [5, 5.41) is 11.7. The Kier molecular flexibility index (Phi) is 8.17. The van der Waals surface area contributed by atoms with Crippen molar-refractivity contribution in [2.75, 3.05) is 20.8 Å². The number of sulfonamides is 1. The van der Waals surface area contributed by atoms with Gasteiger partial charge in [0.2, 0.25) is 10.0 Å². The SMILES string of the molecule is COCCc1ccc(-c2ccc(S(=O)(=O)N[C@H]3CC[C@H](C(=O)OC)CC3)cc2[N+](=O)[O-])cc1. The van der Waals surface area contributed by atoms with Crippen LogP contribution in [0.15, 0.2) is 47.4 Å². The molecule has 0 spiro atoms. The minimum absolute atomic E-state index is 0.162. The number of nitrogens with zero attached hydrogens (tertiary/aromatic N) is 1. The number of hydrogen-bond donors (Lipinski definition) is 1. The number of carbonyl (C=O) groups is 1. The number of benzene rings is 2. The molecule has 33 heavy (non-hydrogen) atoms. The van der Waals surface area contributed by atoms with Gasteiger partial charge >= 0.3 is 5.97 Å². The third-order valence-corrected chi connectivity index (χ3v) is 7.44. The second-order valence-electron chi connectivity index (χ2n) is 8.07. The third kappa shape index (κ3) is 6.16. The molecule has 10 heteroatoms. The Balaban J connectivity index is 1.78. The summed E-state index contributed by atoms with van der Waals surface area (Å²) in [6.07, 6.45) is 2.77. The molecular weight excluding hydrogens is 448 g/mol. The van der Waals surface area contributed by atoms with Crippen LogP contribution in [0.4, 0.5) is 5.69 Å². The molecule has 1 aliphatic rings. The summed E-state index contributed by atoms with van der Waals surface area (Å²) in [4.78, 5) is 22.7. The average molecular weight is 477 g/mol. The molecular formula is C23H28N2O7S. The molecule has 178 valence electrons. The Labute approximate surface area is 193 Å². The molecule has 0 bridgehead atoms. The quantitative estimate of drug-likeness (QED) is 0.334. The van der Waals surface area contributed by atoms with E-state index in [1.165, 1.54) is 19.2 Å². The van der Waals surface area contributed by atoms with Crippen LogP contribution in [0.3, 0.4) is 0 Å². The Morgan fingerprint density at radius 1 is 1.09 bits per heavy atom. The number of nitro groups is 1. The van der Waals surface area contributed by atoms with Crippen LogP contribution in [-0.4, -0.2) is 46.2 Å². The molecule has 9 nitrogen and oxygen atoms in total. The number of rotatable bonds is 9. The number of hydrogen-bond acceptors (Lipinski definition) is 7. The highest BCUT2D eigenvalue weighted by atomic mass is 32.2. The van der Waals surface area contributed by atoms with Crippen LogP contribution in [0.1, 0.15) is 31.2 Å². The van der Waals surface area contributed by atoms with Crippen molar-refractivity contribution in [1.29, 1.82) is 0 Å². The second-order valence-corrected chi connectivity index (χ2v) is 9.78. The van der Waals surface area contributed by atoms with Crippen molar-refractivity contribution in [1.82, 2.24) is 4.72 Å². The number of methoxy groups -OCH3 is 2. The van der Waals surface area contributed by atoms with E-state index < -0.39 is 14.9 Å². The molecule has 1 N–H and O–H groups in total. The lowest BCUT2D eigenvalue weighted by atomic mass is 9.86. The summed E-state index contributed by atoms with van der Waals surface area (Å²) in [6.45, 7) is 0.573. The van der Waals surface area contributed by atoms with E-state index in [9.17, 15) is 23.3 Å². The van der Waals surface area contributed by atoms with Crippen LogP contribution in [0.5, 0.6) is 0 Å². The van der Waals surface area contributed by atoms with Gasteiger partial charge in [-0.05, 0) is 55.4 Å². The summed E-state index contributed by atoms with van der Waals surface area (Å²) in [5.41, 5.74) is 1.72. The van der Waals surface area contributed by atoms with Crippen molar-refractivity contribution in [2.45, 2.75) is 43.0 Å². The maximum absolute atomic E-state index is 12.9. The average Bonchev–Trinajstić information content (AvgIpc) is 2.82. The van der Waals surface area contributed by atoms with E-state index in [0.29, 0.717) is 43.4 Å². The zero-order chi connectivity index (χ0) is 24.0. The summed E-state index contributed by atoms with van der Waals surface area (Å²) < 4.78 is 38.2. The number of nitrogens with one attached hydrogen (secondary N) is 1. The van der Waals surface area contributed by atoms with E-state index in [4.69, 9.17) is 9.47 Å². The molecule has 0 aromatic heterocycles. The van der Waals surface area contributed by atoms with Gasteiger partial charge in [0.25, 0.3) is 5.69 Å². The highest BCUT2D eigenvalue weighted by molar-refractivity contribution is 7.89. The Bertz CT molecular complexity index is 1090. The first-order chi connectivity index (χ1) is 15.7. The van der Waals surface area contributed by atoms with Crippen LogP contribution in [0.25, 0.3) is 11.1 Å². The van der Waals surface area contributed by atoms with E-state index in [0.717, 1.165) is 18.1 Å². The Morgan fingerprint density at radius 3 is 2.33 bits per heavy atom. The monoisotopic (exact) mass is 476 g/mol. The first-order valence-corrected chi connectivity index (χ1v) is 12.2. The first kappa shape index (κ1) is 24.8. The van der Waals surface area contributed by atoms with Crippen molar-refractivity contribution in [3.8, 4) is 11.1 Å². The lowest BCUT2D eigenvalue weighted by Crippen LogP contribution is -2.38. The number of ether oxygens (including phenoxy) is 2. The van der Waals surface area contributed by atoms with Crippen LogP contribution in [-0.2, 0) is 30.7 Å². The van der Waals surface area contributed by atoms with Gasteiger partial charge in [-0.15, -0.1) is 0 Å². The molecule has 0 amide bonds. The lowest BCUT2D eigenvalue weighted by molar-refractivity contribution is -0.384. The van der Waals surface area contributed by atoms with Crippen LogP contribution >= 0.6 is 0 Å². The van der Waals surface area contributed by atoms with E-state index in [2.05, 4.69) is 4.72 Å². The predicted molar refractivity (Wildman–Crippen MR) is 122 cm³/mol. The summed E-state index contributed by atoms with van der Waals surface area (Å²) in [7, 11) is -1.00. The maximum Gasteiger partial charge on any atom is 0.308 e. The zero-order valence-corrected chi connectivity index (χ0v) is 19.5. The van der Waals surface area contributed by atoms with Crippen molar-refractivity contribution in [3.05, 3.63) is 58.1 Å². The molecule has 2 aromatic carbocycles. The molecule has 0 saturated heterocycles. The first-order valence-electron chi connectivity index (χ1n) is 10.7. The lowest BCUT2D eigenvalue weighted by Gasteiger charge is -2.27. The molecule has 3 rings (SSSR count). The second kappa shape index (κ2) is 10.9. The van der Waals surface area contributed by atoms with Gasteiger partial charge in [-0.1, -0.05) is 24.3 Å². The number of carbonyl (C=O) groups excluding carboxylic acids is 1. The van der Waals surface area contributed by atoms with Crippen molar-refractivity contribution in [3.63, 3.8) is 0 Å². The van der Waals surface area contributed by atoms with E-state index in [-0.39, 0.29) is 28.5 Å². The van der Waals surface area contributed by atoms with Gasteiger partial charge in [0.1, 0.15) is 0 Å². The van der Waals surface area contributed by atoms with Gasteiger partial charge in [0.05, 0.1) is 35.0 Å². The van der Waals surface area contributed by atoms with Gasteiger partial charge in [0.15, 0.2) is 0 Å². The largest absolute Gasteiger partial charge is 0.469 e. The summed E-state index contributed by atoms with van der Waals surface area (Å²) in [5.74, 6) is -0.508. The third-order valence-electron chi connectivity index (χ3n) is 5.92. The van der Waals surface area contributed by atoms with Crippen LogP contribution in [0, 0.1) is 16.0 Å². The fourth-order valence-corrected chi connectivity index (χ4v) is 5.37. The van der Waals surface area contributed by atoms with Crippen LogP contribution < -0.4 is 4.72 Å². The van der Waals surface area contributed by atoms with Crippen LogP contribution in [0.2, 0.25) is 0 Å². The van der Waals surface area contributed by atoms with E-state index >= 15 is 0 Å². The van der Waals surface area contributed by atoms with E-state index in [1.807, 2.05) is 12.1 Å². The molecule has 1 fully saturated rings. The minimum Gasteiger partial charge on any atom is -0.469 e. The highest BCUT2D eigenvalue weighted by Crippen LogP contribution is 2.33. The van der Waals surface area contributed by atoms with Gasteiger partial charge < -0.3 is 9.47 Å². The zero-order valence-electron chi connectivity index (χ0n) is 18.7. The van der Waals surface area contributed by atoms with Gasteiger partial charge in [-0.25, -0.2) is 13.1 Å². The number of esters is 1. The standard InChI is InChI=1S/C23H28N2O7S/c1-31-14-13-16-3-5-17(6-4-16)21-12-11-20(15-22(21)25(27)28)33(29,30)24-19-9-7-18(8-10-19)23(26)32-2/h3-6,11-12,15,18-19,24H,7-10,13-14H2,1-2H3/t18-,19-. The molecule has 1 aliphatic carbocycles. The highest BCUT2D eigenvalue weighted by Gasteiger charge is 2.30. The van der Waals surface area contributed by atoms with Gasteiger partial charge in [-0.3, -0.25) is 14.9 Å². The fraction of sp³-hybridized carbons (Fsp3) is 0.435. The minimum atomic E-state index is -3.96. The molecule has 0 atom stereocenters. The Hall–Kier alpha value is -2.82. The molecule has 0 heterocycles. The van der Waals surface area contributed by atoms with Gasteiger partial charge in [0, 0.05) is 19.2 Å². The molecule has 1 saturated carbocycles. The topological polar surface area (TPSA) is 125 Å². The van der Waals surface area contributed by atoms with E-state index in [1.54, 1.807) is 19.2 Å². The maximum atomic E-state index is 12.9. The normalized spacial score (nSPS) is 18.6. The van der Waals surface area contributed by atoms with Crippen molar-refractivity contribution < 1.29 is 27.6 Å². The number of nitro benzene ring substituents is 1. The molecule has 0 unspecified atom stereocenters. The summed E-state index contributed by atoms with van der Waals surface area (Å²) >= 11 is 0. The smallest absolute Gasteiger partial charge is 0.308 e. The molecule has 0 radical (unpaired) electrons. The van der Waals surface area contributed by atoms with Gasteiger partial charge in [-0.2, -0.15) is 0 Å². The van der Waals surface area contributed by atoms with Crippen molar-refractivity contribution in [2.24, 2.45) is 5.92 Å².